The van der Waals surface area contributed by atoms with Crippen LogP contribution in [0.1, 0.15) is 54.4 Å². The third kappa shape index (κ3) is 11.3. The molecule has 0 radical (unpaired) electrons. The number of hydrogen-bond acceptors (Lipinski definition) is 14. The van der Waals surface area contributed by atoms with Crippen molar-refractivity contribution in [2.45, 2.75) is 91.4 Å². The first-order valence-corrected chi connectivity index (χ1v) is 12.3. The summed E-state index contributed by atoms with van der Waals surface area (Å²) < 4.78 is 42.7. The fraction of sp³-hybridized carbons (Fsp3) is 0.792. The quantitative estimate of drug-likeness (QED) is 0.128. The second-order valence-electron chi connectivity index (χ2n) is 8.29. The van der Waals surface area contributed by atoms with Gasteiger partial charge in [0.05, 0.1) is 6.61 Å². The maximum Gasteiger partial charge on any atom is 0.314 e. The predicted octanol–water partition coefficient (Wildman–Crippen LogP) is 0.401. The Morgan fingerprint density at radius 2 is 1.37 bits per heavy atom. The van der Waals surface area contributed by atoms with Gasteiger partial charge < -0.3 is 43.0 Å². The molecule has 1 saturated heterocycles. The minimum atomic E-state index is -1.38. The first-order chi connectivity index (χ1) is 17.9. The van der Waals surface area contributed by atoms with Gasteiger partial charge in [0.25, 0.3) is 0 Å². The second-order valence-corrected chi connectivity index (χ2v) is 8.29. The number of carbonyl (C=O) groups is 5. The van der Waals surface area contributed by atoms with Crippen molar-refractivity contribution in [2.24, 2.45) is 5.92 Å². The molecule has 0 aromatic carbocycles. The van der Waals surface area contributed by atoms with E-state index in [0.717, 1.165) is 20.8 Å². The van der Waals surface area contributed by atoms with E-state index in [1.54, 1.807) is 13.8 Å². The topological polar surface area (TPSA) is 179 Å². The molecule has 1 aliphatic rings. The first kappa shape index (κ1) is 33.2. The summed E-state index contributed by atoms with van der Waals surface area (Å²) in [5.41, 5.74) is 0. The van der Waals surface area contributed by atoms with Crippen molar-refractivity contribution in [3.8, 4) is 0 Å². The molecule has 1 heterocycles. The van der Waals surface area contributed by atoms with Crippen LogP contribution in [-0.2, 0) is 61.9 Å². The zero-order valence-electron chi connectivity index (χ0n) is 22.5. The van der Waals surface area contributed by atoms with Crippen LogP contribution in [0, 0.1) is 5.92 Å². The smallest absolute Gasteiger partial charge is 0.314 e. The van der Waals surface area contributed by atoms with Crippen LogP contribution in [0.25, 0.3) is 0 Å². The molecule has 0 aromatic rings. The van der Waals surface area contributed by atoms with E-state index in [1.807, 2.05) is 0 Å². The molecule has 0 aliphatic carbocycles. The maximum absolute atomic E-state index is 12.3. The summed E-state index contributed by atoms with van der Waals surface area (Å²) in [6, 6.07) is 0. The molecule has 1 rings (SSSR count). The number of aliphatic hydroxyl groups excluding tert-OH is 1. The average molecular weight is 551 g/mol. The standard InChI is InChI=1S/C24H38O14/c1-7-31-22(29)17(23(30)32-8-2)10-9-11-33-24-21(37-16(6)28)20(36-15(5)27)19(35-14(4)26)18(38-24)12-34-13(3)25/h17-22,24,29H,7-12H2,1-6H3/t17?,18-,19-,20+,21+,22?,24?/m1/s1. The molecule has 1 aliphatic heterocycles. The highest BCUT2D eigenvalue weighted by atomic mass is 16.7. The van der Waals surface area contributed by atoms with Crippen LogP contribution in [0.5, 0.6) is 0 Å². The Bertz CT molecular complexity index is 799. The summed E-state index contributed by atoms with van der Waals surface area (Å²) in [4.78, 5) is 59.2. The highest BCUT2D eigenvalue weighted by Crippen LogP contribution is 2.30. The third-order valence-corrected chi connectivity index (χ3v) is 5.16. The fourth-order valence-corrected chi connectivity index (χ4v) is 3.74. The summed E-state index contributed by atoms with van der Waals surface area (Å²) in [6.45, 7) is 7.66. The Morgan fingerprint density at radius 1 is 0.789 bits per heavy atom. The van der Waals surface area contributed by atoms with Crippen LogP contribution in [-0.4, -0.2) is 98.4 Å². The Morgan fingerprint density at radius 3 is 1.89 bits per heavy atom. The van der Waals surface area contributed by atoms with Crippen LogP contribution in [0.4, 0.5) is 0 Å². The number of rotatable bonds is 15. The molecule has 0 amide bonds. The Kier molecular flexibility index (Phi) is 14.8. The molecule has 218 valence electrons. The van der Waals surface area contributed by atoms with Crippen molar-refractivity contribution in [3.63, 3.8) is 0 Å². The Labute approximate surface area is 221 Å². The summed E-state index contributed by atoms with van der Waals surface area (Å²) in [5.74, 6) is -4.53. The van der Waals surface area contributed by atoms with Crippen LogP contribution in [0.15, 0.2) is 0 Å². The maximum atomic E-state index is 12.3. The van der Waals surface area contributed by atoms with Crippen LogP contribution in [0.2, 0.25) is 0 Å². The molecule has 0 bridgehead atoms. The van der Waals surface area contributed by atoms with Crippen LogP contribution >= 0.6 is 0 Å². The number of ether oxygens (including phenoxy) is 8. The molecule has 1 N–H and O–H groups in total. The highest BCUT2D eigenvalue weighted by Gasteiger charge is 2.52. The summed E-state index contributed by atoms with van der Waals surface area (Å²) >= 11 is 0. The van der Waals surface area contributed by atoms with Gasteiger partial charge in [-0.2, -0.15) is 0 Å². The van der Waals surface area contributed by atoms with Crippen molar-refractivity contribution in [2.75, 3.05) is 26.4 Å². The number of aliphatic hydroxyl groups is 1. The van der Waals surface area contributed by atoms with E-state index >= 15 is 0 Å². The molecular weight excluding hydrogens is 512 g/mol. The lowest BCUT2D eigenvalue weighted by molar-refractivity contribution is -0.308. The third-order valence-electron chi connectivity index (χ3n) is 5.16. The van der Waals surface area contributed by atoms with Gasteiger partial charge in [0.1, 0.15) is 18.6 Å². The molecule has 0 saturated carbocycles. The molecule has 3 unspecified atom stereocenters. The second kappa shape index (κ2) is 16.9. The van der Waals surface area contributed by atoms with Gasteiger partial charge >= 0.3 is 29.8 Å². The van der Waals surface area contributed by atoms with Gasteiger partial charge in [0.15, 0.2) is 30.9 Å². The SMILES string of the molecule is CCOC(=O)C(CCCOC1O[C@H](COC(C)=O)[C@@H](OC(C)=O)[C@H](OC(C)=O)[C@@H]1OC(C)=O)C(O)OCC. The van der Waals surface area contributed by atoms with E-state index in [0.29, 0.717) is 0 Å². The monoisotopic (exact) mass is 550 g/mol. The summed E-state index contributed by atoms with van der Waals surface area (Å²) in [5, 5.41) is 10.2. The minimum absolute atomic E-state index is 0.0670. The number of carbonyl (C=O) groups excluding carboxylic acids is 5. The van der Waals surface area contributed by atoms with E-state index < -0.39 is 72.8 Å². The minimum Gasteiger partial charge on any atom is -0.466 e. The van der Waals surface area contributed by atoms with Gasteiger partial charge in [0, 0.05) is 40.9 Å². The zero-order valence-corrected chi connectivity index (χ0v) is 22.5. The lowest BCUT2D eigenvalue weighted by Gasteiger charge is -2.44. The molecule has 1 fully saturated rings. The van der Waals surface area contributed by atoms with Gasteiger partial charge in [0.2, 0.25) is 0 Å². The van der Waals surface area contributed by atoms with E-state index in [4.69, 9.17) is 37.9 Å². The summed E-state index contributed by atoms with van der Waals surface area (Å²) in [7, 11) is 0. The van der Waals surface area contributed by atoms with Gasteiger partial charge in [-0.25, -0.2) is 0 Å². The fourth-order valence-electron chi connectivity index (χ4n) is 3.74. The molecule has 7 atom stereocenters. The van der Waals surface area contributed by atoms with Gasteiger partial charge in [-0.15, -0.1) is 0 Å². The lowest BCUT2D eigenvalue weighted by atomic mass is 9.98. The normalized spacial score (nSPS) is 24.4. The molecule has 14 heteroatoms. The van der Waals surface area contributed by atoms with Gasteiger partial charge in [-0.1, -0.05) is 0 Å². The van der Waals surface area contributed by atoms with Crippen LogP contribution < -0.4 is 0 Å². The highest BCUT2D eigenvalue weighted by molar-refractivity contribution is 5.72. The van der Waals surface area contributed by atoms with E-state index in [1.165, 1.54) is 6.92 Å². The van der Waals surface area contributed by atoms with Crippen molar-refractivity contribution in [1.29, 1.82) is 0 Å². The number of hydrogen-bond donors (Lipinski definition) is 1. The predicted molar refractivity (Wildman–Crippen MR) is 125 cm³/mol. The molecule has 38 heavy (non-hydrogen) atoms. The summed E-state index contributed by atoms with van der Waals surface area (Å²) in [6.07, 6.45) is -7.55. The van der Waals surface area contributed by atoms with Crippen molar-refractivity contribution in [3.05, 3.63) is 0 Å². The average Bonchev–Trinajstić information content (AvgIpc) is 2.80. The first-order valence-electron chi connectivity index (χ1n) is 12.3. The molecule has 14 nitrogen and oxygen atoms in total. The molecule has 0 aromatic heterocycles. The van der Waals surface area contributed by atoms with E-state index in [9.17, 15) is 29.1 Å². The Balaban J connectivity index is 3.12. The number of esters is 5. The van der Waals surface area contributed by atoms with E-state index in [2.05, 4.69) is 0 Å². The van der Waals surface area contributed by atoms with Crippen molar-refractivity contribution in [1.82, 2.24) is 0 Å². The van der Waals surface area contributed by atoms with Gasteiger partial charge in [-0.3, -0.25) is 24.0 Å². The lowest BCUT2D eigenvalue weighted by Crippen LogP contribution is -2.63. The van der Waals surface area contributed by atoms with Crippen molar-refractivity contribution < 1.29 is 67.0 Å². The largest absolute Gasteiger partial charge is 0.466 e. The molecule has 0 spiro atoms. The zero-order chi connectivity index (χ0) is 28.8. The van der Waals surface area contributed by atoms with Gasteiger partial charge in [-0.05, 0) is 26.7 Å². The van der Waals surface area contributed by atoms with Crippen LogP contribution in [0.3, 0.4) is 0 Å². The molecular formula is C24H38O14. The van der Waals surface area contributed by atoms with E-state index in [-0.39, 0.29) is 39.3 Å². The Hall–Kier alpha value is -2.81. The van der Waals surface area contributed by atoms with Crippen molar-refractivity contribution >= 4 is 29.8 Å².